The molecule has 1 aromatic carbocycles. The number of anilines is 1. The largest absolute Gasteiger partial charge is 0.399 e. The monoisotopic (exact) mass is 223 g/mol. The van der Waals surface area contributed by atoms with Crippen LogP contribution in [0.25, 0.3) is 0 Å². The average Bonchev–Trinajstić information content (AvgIpc) is 2.20. The Kier molecular flexibility index (Phi) is 2.96. The van der Waals surface area contributed by atoms with Gasteiger partial charge in [0.2, 0.25) is 0 Å². The minimum absolute atomic E-state index is 0.00755. The van der Waals surface area contributed by atoms with Gasteiger partial charge in [-0.15, -0.1) is 0 Å². The van der Waals surface area contributed by atoms with E-state index in [1.54, 1.807) is 6.07 Å². The van der Waals surface area contributed by atoms with Crippen molar-refractivity contribution in [3.8, 4) is 0 Å². The molecule has 1 fully saturated rings. The van der Waals surface area contributed by atoms with Crippen molar-refractivity contribution >= 4 is 23.1 Å². The van der Waals surface area contributed by atoms with Gasteiger partial charge in [-0.25, -0.2) is 0 Å². The number of carbonyl (C=O) groups excluding carboxylic acids is 1. The molecule has 1 unspecified atom stereocenters. The Morgan fingerprint density at radius 1 is 1.33 bits per heavy atom. The van der Waals surface area contributed by atoms with E-state index in [4.69, 9.17) is 17.3 Å². The highest BCUT2D eigenvalue weighted by molar-refractivity contribution is 6.32. The summed E-state index contributed by atoms with van der Waals surface area (Å²) in [6.45, 7) is 0. The van der Waals surface area contributed by atoms with Gasteiger partial charge in [0, 0.05) is 23.0 Å². The number of rotatable bonds is 1. The molecule has 1 aliphatic rings. The summed E-state index contributed by atoms with van der Waals surface area (Å²) in [5.41, 5.74) is 7.21. The highest BCUT2D eigenvalue weighted by atomic mass is 35.5. The van der Waals surface area contributed by atoms with Crippen LogP contribution in [-0.4, -0.2) is 5.78 Å². The number of benzene rings is 1. The van der Waals surface area contributed by atoms with Crippen LogP contribution >= 0.6 is 11.6 Å². The van der Waals surface area contributed by atoms with Gasteiger partial charge in [0.25, 0.3) is 0 Å². The first kappa shape index (κ1) is 10.5. The lowest BCUT2D eigenvalue weighted by Gasteiger charge is -2.21. The maximum absolute atomic E-state index is 11.7. The van der Waals surface area contributed by atoms with Gasteiger partial charge in [0.15, 0.2) is 0 Å². The molecule has 1 saturated carbocycles. The van der Waals surface area contributed by atoms with Crippen molar-refractivity contribution in [1.82, 2.24) is 0 Å². The molecule has 15 heavy (non-hydrogen) atoms. The Hall–Kier alpha value is -1.02. The molecule has 0 saturated heterocycles. The SMILES string of the molecule is Nc1ccc(C2CCCCC2=O)c(Cl)c1. The fourth-order valence-electron chi connectivity index (χ4n) is 2.14. The normalized spacial score (nSPS) is 21.7. The fourth-order valence-corrected chi connectivity index (χ4v) is 2.46. The van der Waals surface area contributed by atoms with Crippen LogP contribution < -0.4 is 5.73 Å². The van der Waals surface area contributed by atoms with E-state index in [1.165, 1.54) is 0 Å². The van der Waals surface area contributed by atoms with Crippen LogP contribution in [-0.2, 0) is 4.79 Å². The second kappa shape index (κ2) is 4.23. The predicted octanol–water partition coefficient (Wildman–Crippen LogP) is 3.15. The number of hydrogen-bond acceptors (Lipinski definition) is 2. The topological polar surface area (TPSA) is 43.1 Å². The van der Waals surface area contributed by atoms with Crippen molar-refractivity contribution in [1.29, 1.82) is 0 Å². The van der Waals surface area contributed by atoms with Crippen molar-refractivity contribution in [3.05, 3.63) is 28.8 Å². The molecule has 2 rings (SSSR count). The number of Topliss-reactive ketones (excluding diaryl/α,β-unsaturated/α-hetero) is 1. The van der Waals surface area contributed by atoms with Crippen molar-refractivity contribution in [2.24, 2.45) is 0 Å². The van der Waals surface area contributed by atoms with E-state index in [1.807, 2.05) is 12.1 Å². The third kappa shape index (κ3) is 2.15. The van der Waals surface area contributed by atoms with E-state index >= 15 is 0 Å². The van der Waals surface area contributed by atoms with Gasteiger partial charge >= 0.3 is 0 Å². The zero-order valence-electron chi connectivity index (χ0n) is 8.50. The zero-order valence-corrected chi connectivity index (χ0v) is 9.26. The fraction of sp³-hybridized carbons (Fsp3) is 0.417. The minimum atomic E-state index is -0.00755. The van der Waals surface area contributed by atoms with Gasteiger partial charge in [0.05, 0.1) is 0 Å². The summed E-state index contributed by atoms with van der Waals surface area (Å²) in [6.07, 6.45) is 3.73. The Labute approximate surface area is 94.4 Å². The van der Waals surface area contributed by atoms with Crippen LogP contribution in [0.5, 0.6) is 0 Å². The standard InChI is InChI=1S/C12H14ClNO/c13-11-7-8(14)5-6-9(11)10-3-1-2-4-12(10)15/h5-7,10H,1-4,14H2. The highest BCUT2D eigenvalue weighted by Gasteiger charge is 2.25. The Morgan fingerprint density at radius 2 is 2.13 bits per heavy atom. The summed E-state index contributed by atoms with van der Waals surface area (Å²) >= 11 is 6.10. The van der Waals surface area contributed by atoms with Crippen LogP contribution in [0.4, 0.5) is 5.69 Å². The summed E-state index contributed by atoms with van der Waals surface area (Å²) < 4.78 is 0. The second-order valence-electron chi connectivity index (χ2n) is 4.05. The summed E-state index contributed by atoms with van der Waals surface area (Å²) in [4.78, 5) is 11.7. The lowest BCUT2D eigenvalue weighted by Crippen LogP contribution is -2.17. The Balaban J connectivity index is 2.31. The number of nitrogens with two attached hydrogens (primary N) is 1. The van der Waals surface area contributed by atoms with Gasteiger partial charge in [-0.1, -0.05) is 24.1 Å². The van der Waals surface area contributed by atoms with Crippen LogP contribution in [0, 0.1) is 0 Å². The molecule has 2 N–H and O–H groups in total. The molecule has 1 atom stereocenters. The Morgan fingerprint density at radius 3 is 2.80 bits per heavy atom. The van der Waals surface area contributed by atoms with Gasteiger partial charge in [-0.3, -0.25) is 4.79 Å². The third-order valence-corrected chi connectivity index (χ3v) is 3.28. The van der Waals surface area contributed by atoms with E-state index in [0.717, 1.165) is 24.8 Å². The molecule has 0 radical (unpaired) electrons. The summed E-state index contributed by atoms with van der Waals surface area (Å²) in [5, 5.41) is 0.621. The van der Waals surface area contributed by atoms with E-state index in [2.05, 4.69) is 0 Å². The Bertz CT molecular complexity index is 389. The van der Waals surface area contributed by atoms with Crippen molar-refractivity contribution < 1.29 is 4.79 Å². The van der Waals surface area contributed by atoms with Crippen LogP contribution in [0.2, 0.25) is 5.02 Å². The van der Waals surface area contributed by atoms with E-state index in [-0.39, 0.29) is 5.92 Å². The molecule has 80 valence electrons. The number of nitrogen functional groups attached to an aromatic ring is 1. The molecule has 0 aromatic heterocycles. The summed E-state index contributed by atoms with van der Waals surface area (Å²) in [6, 6.07) is 5.41. The quantitative estimate of drug-likeness (QED) is 0.744. The average molecular weight is 224 g/mol. The molecule has 1 aliphatic carbocycles. The number of hydrogen-bond donors (Lipinski definition) is 1. The van der Waals surface area contributed by atoms with E-state index in [9.17, 15) is 4.79 Å². The maximum Gasteiger partial charge on any atom is 0.140 e. The third-order valence-electron chi connectivity index (χ3n) is 2.95. The lowest BCUT2D eigenvalue weighted by molar-refractivity contribution is -0.121. The molecule has 0 heterocycles. The first-order valence-electron chi connectivity index (χ1n) is 5.26. The lowest BCUT2D eigenvalue weighted by atomic mass is 9.83. The summed E-state index contributed by atoms with van der Waals surface area (Å²) in [5.74, 6) is 0.305. The van der Waals surface area contributed by atoms with Crippen LogP contribution in [0.3, 0.4) is 0 Å². The molecular weight excluding hydrogens is 210 g/mol. The number of halogens is 1. The first-order valence-corrected chi connectivity index (χ1v) is 5.64. The van der Waals surface area contributed by atoms with Gasteiger partial charge < -0.3 is 5.73 Å². The van der Waals surface area contributed by atoms with E-state index in [0.29, 0.717) is 22.9 Å². The van der Waals surface area contributed by atoms with Crippen LogP contribution in [0.15, 0.2) is 18.2 Å². The zero-order chi connectivity index (χ0) is 10.8. The van der Waals surface area contributed by atoms with Crippen molar-refractivity contribution in [3.63, 3.8) is 0 Å². The molecule has 0 bridgehead atoms. The molecular formula is C12H14ClNO. The van der Waals surface area contributed by atoms with Gasteiger partial charge in [-0.05, 0) is 30.5 Å². The number of ketones is 1. The predicted molar refractivity (Wildman–Crippen MR) is 62.1 cm³/mol. The molecule has 0 spiro atoms. The molecule has 1 aromatic rings. The first-order chi connectivity index (χ1) is 7.18. The highest BCUT2D eigenvalue weighted by Crippen LogP contribution is 2.34. The minimum Gasteiger partial charge on any atom is -0.399 e. The van der Waals surface area contributed by atoms with Gasteiger partial charge in [0.1, 0.15) is 5.78 Å². The van der Waals surface area contributed by atoms with Gasteiger partial charge in [-0.2, -0.15) is 0 Å². The van der Waals surface area contributed by atoms with Crippen LogP contribution in [0.1, 0.15) is 37.2 Å². The maximum atomic E-state index is 11.7. The molecule has 0 amide bonds. The van der Waals surface area contributed by atoms with Crippen molar-refractivity contribution in [2.75, 3.05) is 5.73 Å². The molecule has 2 nitrogen and oxygen atoms in total. The molecule has 0 aliphatic heterocycles. The van der Waals surface area contributed by atoms with E-state index < -0.39 is 0 Å². The molecule has 3 heteroatoms. The number of carbonyl (C=O) groups is 1. The smallest absolute Gasteiger partial charge is 0.140 e. The second-order valence-corrected chi connectivity index (χ2v) is 4.45. The summed E-state index contributed by atoms with van der Waals surface area (Å²) in [7, 11) is 0. The van der Waals surface area contributed by atoms with Crippen molar-refractivity contribution in [2.45, 2.75) is 31.6 Å².